The van der Waals surface area contributed by atoms with Gasteiger partial charge in [0.25, 0.3) is 0 Å². The largest absolute Gasteiger partial charge is 0.415 e. The van der Waals surface area contributed by atoms with Crippen LogP contribution in [0, 0.1) is 0 Å². The smallest absolute Gasteiger partial charge is 0.316 e. The van der Waals surface area contributed by atoms with Crippen molar-refractivity contribution >= 4 is 59.0 Å². The van der Waals surface area contributed by atoms with Crippen LogP contribution in [0.4, 0.5) is 4.79 Å². The fraction of sp³-hybridized carbons (Fsp3) is 0.955. The first-order chi connectivity index (χ1) is 16.9. The molecule has 0 saturated carbocycles. The van der Waals surface area contributed by atoms with E-state index in [2.05, 4.69) is 89.2 Å². The van der Waals surface area contributed by atoms with Crippen LogP contribution in [-0.2, 0) is 31.3 Å². The number of hydrogen-bond acceptors (Lipinski definition) is 9. The first kappa shape index (κ1) is 36.3. The zero-order valence-corrected chi connectivity index (χ0v) is 31.2. The van der Waals surface area contributed by atoms with Gasteiger partial charge in [0.15, 0.2) is 48.4 Å². The minimum absolute atomic E-state index is 0.189. The van der Waals surface area contributed by atoms with E-state index in [0.29, 0.717) is 6.61 Å². The molecule has 0 aromatic heterocycles. The second-order valence-corrected chi connectivity index (χ2v) is 36.0. The van der Waals surface area contributed by atoms with Gasteiger partial charge in [-0.3, -0.25) is 0 Å². The van der Waals surface area contributed by atoms with Crippen molar-refractivity contribution in [2.24, 2.45) is 0 Å². The molecule has 16 heteroatoms. The summed E-state index contributed by atoms with van der Waals surface area (Å²) < 4.78 is 55.7. The highest BCUT2D eigenvalue weighted by Crippen LogP contribution is 2.33. The zero-order chi connectivity index (χ0) is 29.7. The quantitative estimate of drug-likeness (QED) is 0.162. The molecule has 1 fully saturated rings. The van der Waals surface area contributed by atoms with Gasteiger partial charge in [-0.25, -0.2) is 13.2 Å². The molecule has 10 nitrogen and oxygen atoms in total. The van der Waals surface area contributed by atoms with E-state index in [4.69, 9.17) is 22.4 Å². The predicted octanol–water partition coefficient (Wildman–Crippen LogP) is 4.22. The molecule has 0 spiro atoms. The van der Waals surface area contributed by atoms with Gasteiger partial charge in [0.1, 0.15) is 24.4 Å². The van der Waals surface area contributed by atoms with E-state index in [9.17, 15) is 13.2 Å². The van der Waals surface area contributed by atoms with Crippen molar-refractivity contribution in [1.82, 2.24) is 10.6 Å². The molecule has 1 aliphatic heterocycles. The van der Waals surface area contributed by atoms with E-state index in [1.807, 2.05) is 0 Å². The Morgan fingerprint density at radius 3 is 1.71 bits per heavy atom. The van der Waals surface area contributed by atoms with Gasteiger partial charge in [-0.05, 0) is 89.4 Å². The fourth-order valence-corrected chi connectivity index (χ4v) is 9.24. The average molecular weight is 649 g/mol. The number of carbonyl (C=O) groups is 1. The van der Waals surface area contributed by atoms with Crippen molar-refractivity contribution in [3.8, 4) is 0 Å². The number of rotatable bonds is 14. The van der Waals surface area contributed by atoms with Gasteiger partial charge in [-0.1, -0.05) is 0 Å². The Kier molecular flexibility index (Phi) is 13.3. The molecule has 0 aromatic carbocycles. The molecule has 1 unspecified atom stereocenters. The van der Waals surface area contributed by atoms with Crippen LogP contribution in [0.2, 0.25) is 78.6 Å². The third kappa shape index (κ3) is 15.9. The molecule has 1 aliphatic rings. The summed E-state index contributed by atoms with van der Waals surface area (Å²) >= 11 is 0. The Labute approximate surface area is 238 Å². The summed E-state index contributed by atoms with van der Waals surface area (Å²) in [6.07, 6.45) is -1.60. The van der Waals surface area contributed by atoms with Crippen LogP contribution < -0.4 is 10.6 Å². The highest BCUT2D eigenvalue weighted by molar-refractivity contribution is 8.71. The lowest BCUT2D eigenvalue weighted by Gasteiger charge is -2.51. The van der Waals surface area contributed by atoms with Crippen LogP contribution in [0.15, 0.2) is 0 Å². The maximum Gasteiger partial charge on any atom is 0.316 e. The molecule has 0 aliphatic carbocycles. The molecule has 2 N–H and O–H groups in total. The third-order valence-electron chi connectivity index (χ3n) is 4.74. The van der Waals surface area contributed by atoms with E-state index in [-0.39, 0.29) is 12.3 Å². The molecule has 1 rings (SSSR count). The molecular weight excluding hydrogens is 597 g/mol. The van der Waals surface area contributed by atoms with Gasteiger partial charge < -0.3 is 33.1 Å². The highest BCUT2D eigenvalue weighted by Gasteiger charge is 2.52. The highest BCUT2D eigenvalue weighted by atomic mass is 33.1. The lowest BCUT2D eigenvalue weighted by molar-refractivity contribution is -0.218. The minimum Gasteiger partial charge on any atom is -0.415 e. The number of urea groups is 1. The van der Waals surface area contributed by atoms with Crippen LogP contribution in [0.1, 0.15) is 0 Å². The van der Waals surface area contributed by atoms with Crippen molar-refractivity contribution < 1.29 is 35.7 Å². The monoisotopic (exact) mass is 648 g/mol. The van der Waals surface area contributed by atoms with Crippen molar-refractivity contribution in [3.63, 3.8) is 0 Å². The third-order valence-corrected chi connectivity index (χ3v) is 11.3. The van der Waals surface area contributed by atoms with Crippen LogP contribution in [-0.4, -0.2) is 104 Å². The van der Waals surface area contributed by atoms with Crippen molar-refractivity contribution in [2.75, 3.05) is 25.2 Å². The van der Waals surface area contributed by atoms with E-state index >= 15 is 0 Å². The Bertz CT molecular complexity index is 871. The summed E-state index contributed by atoms with van der Waals surface area (Å²) in [4.78, 5) is 12.9. The maximum absolute atomic E-state index is 12.9. The van der Waals surface area contributed by atoms with Crippen LogP contribution in [0.25, 0.3) is 0 Å². The summed E-state index contributed by atoms with van der Waals surface area (Å²) in [6, 6.07) is -0.463. The van der Waals surface area contributed by atoms with Gasteiger partial charge in [0.2, 0.25) is 0 Å². The van der Waals surface area contributed by atoms with Gasteiger partial charge in [0, 0.05) is 18.6 Å². The van der Waals surface area contributed by atoms with Crippen molar-refractivity contribution in [3.05, 3.63) is 0 Å². The van der Waals surface area contributed by atoms with Gasteiger partial charge in [-0.15, -0.1) is 0 Å². The first-order valence-corrected chi connectivity index (χ1v) is 30.1. The molecule has 1 saturated heterocycles. The maximum atomic E-state index is 12.9. The SMILES string of the molecule is C[Si](C)(C)OCC1O[C@@H](NC(=O)NCCSS(C)(=O)=O)[C@@H](O[Si](C)(C)C)[C@@H](O[Si](C)(C)C)[C@H]1O[Si](C)(C)C. The summed E-state index contributed by atoms with van der Waals surface area (Å²) in [7, 11) is -10.5. The molecule has 1 heterocycles. The number of nitrogens with one attached hydrogen (secondary N) is 2. The summed E-state index contributed by atoms with van der Waals surface area (Å²) in [6.45, 7) is 25.9. The average Bonchev–Trinajstić information content (AvgIpc) is 2.64. The zero-order valence-electron chi connectivity index (χ0n) is 25.6. The number of hydrogen-bond donors (Lipinski definition) is 2. The summed E-state index contributed by atoms with van der Waals surface area (Å²) in [5.41, 5.74) is 0. The Morgan fingerprint density at radius 2 is 1.26 bits per heavy atom. The molecular formula is C22H52N2O8S2Si4. The normalized spacial score (nSPS) is 25.8. The topological polar surface area (TPSA) is 121 Å². The molecule has 5 atom stereocenters. The van der Waals surface area contributed by atoms with E-state index in [1.165, 1.54) is 0 Å². The summed E-state index contributed by atoms with van der Waals surface area (Å²) in [5, 5.41) is 5.66. The number of ether oxygens (including phenoxy) is 1. The molecule has 0 radical (unpaired) electrons. The van der Waals surface area contributed by atoms with Crippen molar-refractivity contribution in [2.45, 2.75) is 109 Å². The second-order valence-electron chi connectivity index (χ2n) is 13.5. The Morgan fingerprint density at radius 1 is 0.789 bits per heavy atom. The molecule has 38 heavy (non-hydrogen) atoms. The molecule has 226 valence electrons. The lowest BCUT2D eigenvalue weighted by atomic mass is 9.98. The Hall–Kier alpha value is 0.238. The van der Waals surface area contributed by atoms with Crippen LogP contribution in [0.5, 0.6) is 0 Å². The lowest BCUT2D eigenvalue weighted by Crippen LogP contribution is -2.69. The van der Waals surface area contributed by atoms with Crippen LogP contribution >= 0.6 is 10.8 Å². The minimum atomic E-state index is -3.18. The van der Waals surface area contributed by atoms with Gasteiger partial charge in [0.05, 0.1) is 6.61 Å². The van der Waals surface area contributed by atoms with E-state index in [0.717, 1.165) is 17.0 Å². The fourth-order valence-electron chi connectivity index (χ4n) is 3.66. The predicted molar refractivity (Wildman–Crippen MR) is 166 cm³/mol. The number of amides is 2. The first-order valence-electron chi connectivity index (χ1n) is 13.1. The standard InChI is InChI=1S/C22H52N2O8S2Si4/c1-34(26,27)33-15-14-23-22(25)24-21-20(32-38(11,12)13)19(31-37(8,9)10)18(30-36(5,6)7)17(29-21)16-28-35(2,3)4/h17-21H,14-16H2,1-13H3,(H2,23,24,25)/t17?,18-,19-,20-,21+/m0/s1. The van der Waals surface area contributed by atoms with Gasteiger partial charge in [-0.2, -0.15) is 0 Å². The van der Waals surface area contributed by atoms with Crippen molar-refractivity contribution in [1.29, 1.82) is 0 Å². The van der Waals surface area contributed by atoms with Crippen LogP contribution in [0.3, 0.4) is 0 Å². The molecule has 0 aromatic rings. The number of carbonyl (C=O) groups excluding carboxylic acids is 1. The second kappa shape index (κ2) is 13.9. The van der Waals surface area contributed by atoms with E-state index < -0.39 is 78.8 Å². The molecule has 2 amide bonds. The van der Waals surface area contributed by atoms with Gasteiger partial charge >= 0.3 is 6.03 Å². The Balaban J connectivity index is 3.36. The van der Waals surface area contributed by atoms with E-state index in [1.54, 1.807) is 0 Å². The molecule has 0 bridgehead atoms. The summed E-state index contributed by atoms with van der Waals surface area (Å²) in [5.74, 6) is 0.243.